The highest BCUT2D eigenvalue weighted by Gasteiger charge is 2.30. The first-order valence-electron chi connectivity index (χ1n) is 8.44. The third-order valence-corrected chi connectivity index (χ3v) is 6.20. The third-order valence-electron chi connectivity index (χ3n) is 4.54. The van der Waals surface area contributed by atoms with Crippen LogP contribution in [0, 0.1) is 0 Å². The van der Waals surface area contributed by atoms with Crippen molar-refractivity contribution in [2.75, 3.05) is 19.0 Å². The van der Waals surface area contributed by atoms with Crippen LogP contribution in [0.4, 0.5) is 5.00 Å². The number of rotatable bonds is 4. The van der Waals surface area contributed by atoms with Gasteiger partial charge in [-0.2, -0.15) is 0 Å². The molecule has 2 aromatic rings. The number of nitrogens with zero attached hydrogens (tertiary/aromatic N) is 1. The Labute approximate surface area is 177 Å². The molecule has 27 heavy (non-hydrogen) atoms. The van der Waals surface area contributed by atoms with Crippen molar-refractivity contribution < 1.29 is 14.3 Å². The largest absolute Gasteiger partial charge is 0.465 e. The average Bonchev–Trinajstić information content (AvgIpc) is 2.98. The van der Waals surface area contributed by atoms with Gasteiger partial charge >= 0.3 is 5.97 Å². The molecule has 2 heterocycles. The monoisotopic (exact) mass is 472 g/mol. The van der Waals surface area contributed by atoms with Crippen LogP contribution < -0.4 is 5.32 Å². The SMILES string of the molecule is COC(=O)c1c(NC(=O)c2ccc(Br)cc2)sc2c1CCN(C(C)C)C2.Cl. The van der Waals surface area contributed by atoms with Gasteiger partial charge in [-0.3, -0.25) is 9.69 Å². The van der Waals surface area contributed by atoms with E-state index in [9.17, 15) is 9.59 Å². The zero-order chi connectivity index (χ0) is 18.8. The highest BCUT2D eigenvalue weighted by molar-refractivity contribution is 9.10. The van der Waals surface area contributed by atoms with Gasteiger partial charge in [-0.05, 0) is 50.1 Å². The van der Waals surface area contributed by atoms with Gasteiger partial charge in [0.05, 0.1) is 12.7 Å². The Morgan fingerprint density at radius 1 is 1.26 bits per heavy atom. The fourth-order valence-corrected chi connectivity index (χ4v) is 4.57. The summed E-state index contributed by atoms with van der Waals surface area (Å²) in [6.45, 7) is 6.01. The summed E-state index contributed by atoms with van der Waals surface area (Å²) in [5, 5.41) is 3.48. The number of carbonyl (C=O) groups excluding carboxylic acids is 2. The Bertz CT molecular complexity index is 836. The molecule has 1 aliphatic heterocycles. The number of nitrogens with one attached hydrogen (secondary N) is 1. The number of methoxy groups -OCH3 is 1. The number of esters is 1. The van der Waals surface area contributed by atoms with Crippen LogP contribution in [0.3, 0.4) is 0 Å². The molecule has 1 aliphatic rings. The summed E-state index contributed by atoms with van der Waals surface area (Å²) in [5.41, 5.74) is 2.05. The molecule has 0 spiro atoms. The maximum Gasteiger partial charge on any atom is 0.341 e. The zero-order valence-electron chi connectivity index (χ0n) is 15.4. The fourth-order valence-electron chi connectivity index (χ4n) is 3.05. The van der Waals surface area contributed by atoms with Gasteiger partial charge in [-0.25, -0.2) is 4.79 Å². The molecule has 0 aliphatic carbocycles. The topological polar surface area (TPSA) is 58.6 Å². The van der Waals surface area contributed by atoms with E-state index in [0.717, 1.165) is 34.4 Å². The van der Waals surface area contributed by atoms with E-state index in [-0.39, 0.29) is 18.3 Å². The number of halogens is 2. The maximum absolute atomic E-state index is 12.6. The molecule has 0 bridgehead atoms. The molecular formula is C19H22BrClN2O3S. The van der Waals surface area contributed by atoms with E-state index in [2.05, 4.69) is 40.0 Å². The van der Waals surface area contributed by atoms with E-state index < -0.39 is 5.97 Å². The van der Waals surface area contributed by atoms with E-state index in [4.69, 9.17) is 4.74 Å². The minimum Gasteiger partial charge on any atom is -0.465 e. The second kappa shape index (κ2) is 9.19. The molecule has 0 unspecified atom stereocenters. The molecule has 146 valence electrons. The molecule has 3 rings (SSSR count). The molecular weight excluding hydrogens is 452 g/mol. The number of fused-ring (bicyclic) bond motifs is 1. The predicted molar refractivity (Wildman–Crippen MR) is 114 cm³/mol. The van der Waals surface area contributed by atoms with Crippen molar-refractivity contribution >= 4 is 56.6 Å². The molecule has 0 saturated carbocycles. The molecule has 1 N–H and O–H groups in total. The van der Waals surface area contributed by atoms with Gasteiger partial charge in [-0.15, -0.1) is 23.7 Å². The Kier molecular flexibility index (Phi) is 7.45. The highest BCUT2D eigenvalue weighted by atomic mass is 79.9. The lowest BCUT2D eigenvalue weighted by Gasteiger charge is -2.30. The summed E-state index contributed by atoms with van der Waals surface area (Å²) in [7, 11) is 1.37. The molecule has 8 heteroatoms. The molecule has 1 aromatic carbocycles. The van der Waals surface area contributed by atoms with Gasteiger partial charge in [-0.1, -0.05) is 15.9 Å². The first kappa shape index (κ1) is 21.9. The molecule has 0 saturated heterocycles. The normalized spacial score (nSPS) is 13.7. The second-order valence-corrected chi connectivity index (χ2v) is 8.50. The molecule has 5 nitrogen and oxygen atoms in total. The van der Waals surface area contributed by atoms with Crippen molar-refractivity contribution in [1.29, 1.82) is 0 Å². The lowest BCUT2D eigenvalue weighted by atomic mass is 10.0. The summed E-state index contributed by atoms with van der Waals surface area (Å²) < 4.78 is 5.88. The van der Waals surface area contributed by atoms with Crippen LogP contribution in [0.25, 0.3) is 0 Å². The van der Waals surface area contributed by atoms with Crippen LogP contribution in [0.15, 0.2) is 28.7 Å². The smallest absolute Gasteiger partial charge is 0.341 e. The number of hydrogen-bond acceptors (Lipinski definition) is 5. The van der Waals surface area contributed by atoms with Crippen molar-refractivity contribution in [3.63, 3.8) is 0 Å². The van der Waals surface area contributed by atoms with Crippen LogP contribution >= 0.6 is 39.7 Å². The third kappa shape index (κ3) is 4.71. The second-order valence-electron chi connectivity index (χ2n) is 6.47. The van der Waals surface area contributed by atoms with E-state index in [1.165, 1.54) is 18.4 Å². The first-order chi connectivity index (χ1) is 12.4. The quantitative estimate of drug-likeness (QED) is 0.652. The minimum atomic E-state index is -0.397. The first-order valence-corrected chi connectivity index (χ1v) is 10.1. The number of ether oxygens (including phenoxy) is 1. The Balaban J connectivity index is 0.00000261. The fraction of sp³-hybridized carbons (Fsp3) is 0.368. The predicted octanol–water partition coefficient (Wildman–Crippen LogP) is 4.74. The Hall–Kier alpha value is -1.41. The van der Waals surface area contributed by atoms with E-state index in [1.807, 2.05) is 12.1 Å². The van der Waals surface area contributed by atoms with Crippen molar-refractivity contribution in [2.45, 2.75) is 32.9 Å². The number of carbonyl (C=O) groups is 2. The van der Waals surface area contributed by atoms with Gasteiger partial charge < -0.3 is 10.1 Å². The summed E-state index contributed by atoms with van der Waals surface area (Å²) in [6, 6.07) is 7.55. The van der Waals surface area contributed by atoms with Crippen molar-refractivity contribution in [1.82, 2.24) is 4.90 Å². The summed E-state index contributed by atoms with van der Waals surface area (Å²) in [4.78, 5) is 28.4. The summed E-state index contributed by atoms with van der Waals surface area (Å²) >= 11 is 4.83. The van der Waals surface area contributed by atoms with Crippen LogP contribution in [0.5, 0.6) is 0 Å². The summed E-state index contributed by atoms with van der Waals surface area (Å²) in [6.07, 6.45) is 0.780. The molecule has 0 radical (unpaired) electrons. The number of benzene rings is 1. The Morgan fingerprint density at radius 3 is 2.52 bits per heavy atom. The molecule has 1 aromatic heterocycles. The van der Waals surface area contributed by atoms with Crippen molar-refractivity contribution in [3.05, 3.63) is 50.3 Å². The Morgan fingerprint density at radius 2 is 1.93 bits per heavy atom. The molecule has 0 fully saturated rings. The molecule has 0 atom stereocenters. The number of hydrogen-bond donors (Lipinski definition) is 1. The maximum atomic E-state index is 12.6. The zero-order valence-corrected chi connectivity index (χ0v) is 18.6. The number of amides is 1. The van der Waals surface area contributed by atoms with Gasteiger partial charge in [0.1, 0.15) is 5.00 Å². The number of thiophene rings is 1. The van der Waals surface area contributed by atoms with Gasteiger partial charge in [0.2, 0.25) is 0 Å². The van der Waals surface area contributed by atoms with Gasteiger partial charge in [0, 0.05) is 34.0 Å². The van der Waals surface area contributed by atoms with E-state index in [1.54, 1.807) is 12.1 Å². The number of anilines is 1. The average molecular weight is 474 g/mol. The summed E-state index contributed by atoms with van der Waals surface area (Å²) in [5.74, 6) is -0.631. The van der Waals surface area contributed by atoms with Crippen LogP contribution in [0.2, 0.25) is 0 Å². The van der Waals surface area contributed by atoms with E-state index in [0.29, 0.717) is 22.2 Å². The van der Waals surface area contributed by atoms with Gasteiger partial charge in [0.25, 0.3) is 5.91 Å². The molecule has 1 amide bonds. The van der Waals surface area contributed by atoms with Crippen LogP contribution in [0.1, 0.15) is 45.0 Å². The lowest BCUT2D eigenvalue weighted by molar-refractivity contribution is 0.0600. The van der Waals surface area contributed by atoms with Crippen LogP contribution in [-0.2, 0) is 17.7 Å². The van der Waals surface area contributed by atoms with Gasteiger partial charge in [0.15, 0.2) is 0 Å². The van der Waals surface area contributed by atoms with Crippen molar-refractivity contribution in [2.24, 2.45) is 0 Å². The van der Waals surface area contributed by atoms with Crippen molar-refractivity contribution in [3.8, 4) is 0 Å². The lowest BCUT2D eigenvalue weighted by Crippen LogP contribution is -2.35. The standard InChI is InChI=1S/C19H21BrN2O3S.ClH/c1-11(2)22-9-8-14-15(10-22)26-18(16(14)19(24)25-3)21-17(23)12-4-6-13(20)7-5-12;/h4-7,11H,8-10H2,1-3H3,(H,21,23);1H. The highest BCUT2D eigenvalue weighted by Crippen LogP contribution is 2.38. The minimum absolute atomic E-state index is 0. The van der Waals surface area contributed by atoms with E-state index >= 15 is 0 Å². The van der Waals surface area contributed by atoms with Crippen LogP contribution in [-0.4, -0.2) is 36.5 Å².